The molecule has 0 spiro atoms. The van der Waals surface area contributed by atoms with Gasteiger partial charge in [-0.15, -0.1) is 0 Å². The second-order valence-corrected chi connectivity index (χ2v) is 5.40. The van der Waals surface area contributed by atoms with Crippen LogP contribution in [0.15, 0.2) is 24.3 Å². The lowest BCUT2D eigenvalue weighted by Gasteiger charge is -2.28. The minimum absolute atomic E-state index is 0.0152. The second kappa shape index (κ2) is 6.47. The molecular formula is C15H18F3NO2. The van der Waals surface area contributed by atoms with E-state index in [9.17, 15) is 23.1 Å². The average Bonchev–Trinajstić information content (AvgIpc) is 2.41. The van der Waals surface area contributed by atoms with Gasteiger partial charge < -0.3 is 10.4 Å². The van der Waals surface area contributed by atoms with Crippen LogP contribution in [0.4, 0.5) is 13.2 Å². The number of carbonyl (C=O) groups is 1. The van der Waals surface area contributed by atoms with Gasteiger partial charge >= 0.3 is 6.18 Å². The van der Waals surface area contributed by atoms with E-state index < -0.39 is 17.8 Å². The zero-order valence-corrected chi connectivity index (χ0v) is 11.5. The maximum Gasteiger partial charge on any atom is 0.416 e. The van der Waals surface area contributed by atoms with Crippen molar-refractivity contribution in [2.75, 3.05) is 0 Å². The van der Waals surface area contributed by atoms with Crippen molar-refractivity contribution in [3.05, 3.63) is 35.4 Å². The van der Waals surface area contributed by atoms with Crippen LogP contribution in [-0.2, 0) is 17.4 Å². The highest BCUT2D eigenvalue weighted by Gasteiger charge is 2.30. The molecule has 1 amide bonds. The highest BCUT2D eigenvalue weighted by Crippen LogP contribution is 2.29. The lowest BCUT2D eigenvalue weighted by atomic mass is 9.92. The number of hydrogen-bond acceptors (Lipinski definition) is 2. The number of aliphatic hydroxyl groups is 1. The third-order valence-corrected chi connectivity index (χ3v) is 3.72. The molecular weight excluding hydrogens is 283 g/mol. The maximum absolute atomic E-state index is 12.4. The van der Waals surface area contributed by atoms with Gasteiger partial charge in [0.15, 0.2) is 0 Å². The first kappa shape index (κ1) is 15.8. The number of alkyl halides is 3. The third kappa shape index (κ3) is 4.46. The van der Waals surface area contributed by atoms with Gasteiger partial charge in [-0.3, -0.25) is 4.79 Å². The van der Waals surface area contributed by atoms with E-state index in [0.717, 1.165) is 31.4 Å². The smallest absolute Gasteiger partial charge is 0.391 e. The summed E-state index contributed by atoms with van der Waals surface area (Å²) in [6.45, 7) is 0. The molecule has 2 atom stereocenters. The summed E-state index contributed by atoms with van der Waals surface area (Å²) in [7, 11) is 0. The van der Waals surface area contributed by atoms with E-state index in [2.05, 4.69) is 5.32 Å². The Labute approximate surface area is 121 Å². The number of rotatable bonds is 3. The lowest BCUT2D eigenvalue weighted by molar-refractivity contribution is -0.137. The predicted octanol–water partition coefficient (Wildman–Crippen LogP) is 2.67. The summed E-state index contributed by atoms with van der Waals surface area (Å²) in [5, 5.41) is 12.5. The van der Waals surface area contributed by atoms with Crippen molar-refractivity contribution in [3.63, 3.8) is 0 Å². The molecule has 3 nitrogen and oxygen atoms in total. The Morgan fingerprint density at radius 2 is 1.81 bits per heavy atom. The topological polar surface area (TPSA) is 49.3 Å². The molecule has 1 fully saturated rings. The SMILES string of the molecule is O=C(Cc1ccc(C(F)(F)F)cc1)N[C@@H]1CCCC[C@H]1O. The van der Waals surface area contributed by atoms with E-state index in [-0.39, 0.29) is 18.4 Å². The molecule has 1 aromatic rings. The fraction of sp³-hybridized carbons (Fsp3) is 0.533. The molecule has 116 valence electrons. The van der Waals surface area contributed by atoms with Gasteiger partial charge in [0.2, 0.25) is 5.91 Å². The van der Waals surface area contributed by atoms with Gasteiger partial charge in [0.1, 0.15) is 0 Å². The van der Waals surface area contributed by atoms with Gasteiger partial charge in [-0.25, -0.2) is 0 Å². The number of amides is 1. The average molecular weight is 301 g/mol. The van der Waals surface area contributed by atoms with E-state index in [1.807, 2.05) is 0 Å². The fourth-order valence-electron chi connectivity index (χ4n) is 2.53. The number of nitrogens with one attached hydrogen (secondary N) is 1. The van der Waals surface area contributed by atoms with Crippen molar-refractivity contribution in [1.29, 1.82) is 0 Å². The van der Waals surface area contributed by atoms with Crippen molar-refractivity contribution >= 4 is 5.91 Å². The monoisotopic (exact) mass is 301 g/mol. The van der Waals surface area contributed by atoms with Gasteiger partial charge in [0.25, 0.3) is 0 Å². The van der Waals surface area contributed by atoms with Gasteiger partial charge in [-0.05, 0) is 30.5 Å². The van der Waals surface area contributed by atoms with Crippen molar-refractivity contribution in [3.8, 4) is 0 Å². The molecule has 0 aromatic heterocycles. The number of aliphatic hydroxyl groups excluding tert-OH is 1. The van der Waals surface area contributed by atoms with Crippen LogP contribution in [-0.4, -0.2) is 23.2 Å². The van der Waals surface area contributed by atoms with Gasteiger partial charge in [-0.2, -0.15) is 13.2 Å². The Bertz CT molecular complexity index is 485. The van der Waals surface area contributed by atoms with Crippen LogP contribution in [0, 0.1) is 0 Å². The molecule has 0 saturated heterocycles. The predicted molar refractivity (Wildman–Crippen MR) is 71.6 cm³/mol. The van der Waals surface area contributed by atoms with Crippen LogP contribution in [0.3, 0.4) is 0 Å². The Morgan fingerprint density at radius 1 is 1.19 bits per heavy atom. The number of hydrogen-bond donors (Lipinski definition) is 2. The molecule has 0 bridgehead atoms. The Hall–Kier alpha value is -1.56. The summed E-state index contributed by atoms with van der Waals surface area (Å²) in [5.74, 6) is -0.277. The summed E-state index contributed by atoms with van der Waals surface area (Å²) in [5.41, 5.74) is -0.208. The molecule has 1 aromatic carbocycles. The number of benzene rings is 1. The highest BCUT2D eigenvalue weighted by atomic mass is 19.4. The largest absolute Gasteiger partial charge is 0.416 e. The van der Waals surface area contributed by atoms with Crippen LogP contribution in [0.25, 0.3) is 0 Å². The highest BCUT2D eigenvalue weighted by molar-refractivity contribution is 5.78. The van der Waals surface area contributed by atoms with E-state index in [1.54, 1.807) is 0 Å². The molecule has 0 radical (unpaired) electrons. The van der Waals surface area contributed by atoms with Crippen LogP contribution in [0.5, 0.6) is 0 Å². The van der Waals surface area contributed by atoms with Gasteiger partial charge in [-0.1, -0.05) is 25.0 Å². The van der Waals surface area contributed by atoms with E-state index >= 15 is 0 Å². The van der Waals surface area contributed by atoms with Crippen LogP contribution in [0.1, 0.15) is 36.8 Å². The first-order chi connectivity index (χ1) is 9.86. The van der Waals surface area contributed by atoms with Crippen molar-refractivity contribution in [2.45, 2.75) is 50.4 Å². The summed E-state index contributed by atoms with van der Waals surface area (Å²) in [6.07, 6.45) is -1.57. The van der Waals surface area contributed by atoms with E-state index in [0.29, 0.717) is 12.0 Å². The minimum Gasteiger partial charge on any atom is -0.391 e. The maximum atomic E-state index is 12.4. The number of carbonyl (C=O) groups excluding carboxylic acids is 1. The quantitative estimate of drug-likeness (QED) is 0.902. The van der Waals surface area contributed by atoms with Crippen LogP contribution < -0.4 is 5.32 Å². The summed E-state index contributed by atoms with van der Waals surface area (Å²) in [6, 6.07) is 4.30. The molecule has 6 heteroatoms. The molecule has 2 rings (SSSR count). The van der Waals surface area contributed by atoms with Crippen molar-refractivity contribution < 1.29 is 23.1 Å². The molecule has 1 aliphatic rings. The summed E-state index contributed by atoms with van der Waals surface area (Å²) >= 11 is 0. The fourth-order valence-corrected chi connectivity index (χ4v) is 2.53. The summed E-state index contributed by atoms with van der Waals surface area (Å²) < 4.78 is 37.3. The normalized spacial score (nSPS) is 22.9. The molecule has 21 heavy (non-hydrogen) atoms. The van der Waals surface area contributed by atoms with Gasteiger partial charge in [0, 0.05) is 0 Å². The molecule has 2 N–H and O–H groups in total. The van der Waals surface area contributed by atoms with Crippen molar-refractivity contribution in [1.82, 2.24) is 5.32 Å². The zero-order chi connectivity index (χ0) is 15.5. The zero-order valence-electron chi connectivity index (χ0n) is 11.5. The lowest BCUT2D eigenvalue weighted by Crippen LogP contribution is -2.45. The molecule has 0 aliphatic heterocycles. The van der Waals surface area contributed by atoms with E-state index in [4.69, 9.17) is 0 Å². The molecule has 0 heterocycles. The Balaban J connectivity index is 1.90. The van der Waals surface area contributed by atoms with Crippen LogP contribution >= 0.6 is 0 Å². The van der Waals surface area contributed by atoms with Crippen LogP contribution in [0.2, 0.25) is 0 Å². The summed E-state index contributed by atoms with van der Waals surface area (Å²) in [4.78, 5) is 11.9. The Kier molecular flexibility index (Phi) is 4.88. The third-order valence-electron chi connectivity index (χ3n) is 3.72. The first-order valence-corrected chi connectivity index (χ1v) is 7.00. The minimum atomic E-state index is -4.37. The first-order valence-electron chi connectivity index (χ1n) is 7.00. The Morgan fingerprint density at radius 3 is 2.38 bits per heavy atom. The molecule has 1 aliphatic carbocycles. The van der Waals surface area contributed by atoms with Gasteiger partial charge in [0.05, 0.1) is 24.1 Å². The molecule has 1 saturated carbocycles. The number of halogens is 3. The van der Waals surface area contributed by atoms with Crippen molar-refractivity contribution in [2.24, 2.45) is 0 Å². The molecule has 0 unspecified atom stereocenters. The second-order valence-electron chi connectivity index (χ2n) is 5.40. The van der Waals surface area contributed by atoms with E-state index in [1.165, 1.54) is 12.1 Å². The standard InChI is InChI=1S/C15H18F3NO2/c16-15(17,18)11-7-5-10(6-8-11)9-14(21)19-12-3-1-2-4-13(12)20/h5-8,12-13,20H,1-4,9H2,(H,19,21)/t12-,13-/m1/s1.